The molecule has 0 aliphatic heterocycles. The molecular weight excluding hydrogens is 446 g/mol. The minimum atomic E-state index is -0.439. The van der Waals surface area contributed by atoms with Gasteiger partial charge in [-0.2, -0.15) is 0 Å². The largest absolute Gasteiger partial charge is 0.454 e. The molecule has 0 aliphatic rings. The zero-order valence-electron chi connectivity index (χ0n) is 14.4. The van der Waals surface area contributed by atoms with Gasteiger partial charge in [0.2, 0.25) is 0 Å². The van der Waals surface area contributed by atoms with Gasteiger partial charge >= 0.3 is 0 Å². The Bertz CT molecular complexity index is 1030. The number of carbonyl (C=O) groups is 1. The molecule has 2 aromatic carbocycles. The summed E-state index contributed by atoms with van der Waals surface area (Å²) < 4.78 is 5.78. The first-order valence-corrected chi connectivity index (χ1v) is 9.47. The lowest BCUT2D eigenvalue weighted by Crippen LogP contribution is -2.23. The van der Waals surface area contributed by atoms with Gasteiger partial charge in [0.1, 0.15) is 16.7 Å². The molecule has 1 heterocycles. The van der Waals surface area contributed by atoms with Gasteiger partial charge in [-0.05, 0) is 30.7 Å². The van der Waals surface area contributed by atoms with Gasteiger partial charge in [0.05, 0.1) is 10.0 Å². The minimum Gasteiger partial charge on any atom is -0.454 e. The van der Waals surface area contributed by atoms with Crippen molar-refractivity contribution in [3.63, 3.8) is 0 Å². The number of aromatic nitrogens is 2. The highest BCUT2D eigenvalue weighted by Gasteiger charge is 2.17. The molecule has 28 heavy (non-hydrogen) atoms. The van der Waals surface area contributed by atoms with Crippen molar-refractivity contribution < 1.29 is 9.53 Å². The highest BCUT2D eigenvalue weighted by atomic mass is 35.5. The molecule has 3 aromatic rings. The van der Waals surface area contributed by atoms with Crippen LogP contribution >= 0.6 is 46.4 Å². The summed E-state index contributed by atoms with van der Waals surface area (Å²) in [6, 6.07) is 8.06. The maximum Gasteiger partial charge on any atom is 0.273 e. The molecule has 0 atom stereocenters. The smallest absolute Gasteiger partial charge is 0.273 e. The van der Waals surface area contributed by atoms with Crippen LogP contribution in [0.4, 0.5) is 5.69 Å². The molecule has 0 unspecified atom stereocenters. The van der Waals surface area contributed by atoms with Crippen LogP contribution in [-0.2, 0) is 6.54 Å². The van der Waals surface area contributed by atoms with Crippen LogP contribution < -0.4 is 15.8 Å². The second kappa shape index (κ2) is 8.49. The molecule has 0 bridgehead atoms. The van der Waals surface area contributed by atoms with Crippen LogP contribution in [0.5, 0.6) is 11.5 Å². The number of benzene rings is 2. The van der Waals surface area contributed by atoms with E-state index in [9.17, 15) is 4.79 Å². The molecule has 0 saturated carbocycles. The zero-order valence-corrected chi connectivity index (χ0v) is 17.5. The van der Waals surface area contributed by atoms with Crippen molar-refractivity contribution >= 4 is 58.0 Å². The van der Waals surface area contributed by atoms with Crippen LogP contribution in [0, 0.1) is 6.92 Å². The number of hydrogen-bond acceptors (Lipinski definition) is 4. The summed E-state index contributed by atoms with van der Waals surface area (Å²) in [5, 5.41) is 3.83. The molecule has 1 amide bonds. The SMILES string of the molecule is Cc1nc(C(=O)NCc2ccc(Cl)c(Oc3cc(N)cc(Cl)c3)c2Cl)c(Cl)[nH]1. The molecule has 4 N–H and O–H groups in total. The molecule has 1 aromatic heterocycles. The van der Waals surface area contributed by atoms with E-state index in [2.05, 4.69) is 15.3 Å². The predicted molar refractivity (Wildman–Crippen MR) is 112 cm³/mol. The van der Waals surface area contributed by atoms with E-state index in [1.54, 1.807) is 37.3 Å². The Kier molecular flexibility index (Phi) is 6.25. The number of anilines is 1. The van der Waals surface area contributed by atoms with Crippen LogP contribution in [0.2, 0.25) is 20.2 Å². The van der Waals surface area contributed by atoms with Gasteiger partial charge in [-0.3, -0.25) is 4.79 Å². The Balaban J connectivity index is 1.80. The van der Waals surface area contributed by atoms with Crippen molar-refractivity contribution in [2.75, 3.05) is 5.73 Å². The zero-order chi connectivity index (χ0) is 20.4. The van der Waals surface area contributed by atoms with Gasteiger partial charge < -0.3 is 20.8 Å². The van der Waals surface area contributed by atoms with Crippen molar-refractivity contribution in [3.8, 4) is 11.5 Å². The molecule has 0 spiro atoms. The van der Waals surface area contributed by atoms with Crippen molar-refractivity contribution in [2.24, 2.45) is 0 Å². The topological polar surface area (TPSA) is 93.0 Å². The molecule has 0 saturated heterocycles. The van der Waals surface area contributed by atoms with E-state index >= 15 is 0 Å². The predicted octanol–water partition coefficient (Wildman–Crippen LogP) is 5.64. The molecule has 0 aliphatic carbocycles. The third-order valence-corrected chi connectivity index (χ3v) is 4.88. The van der Waals surface area contributed by atoms with Crippen LogP contribution in [0.1, 0.15) is 21.9 Å². The summed E-state index contributed by atoms with van der Waals surface area (Å²) in [5.41, 5.74) is 6.90. The average Bonchev–Trinajstić information content (AvgIpc) is 2.95. The molecule has 0 radical (unpaired) electrons. The van der Waals surface area contributed by atoms with Gasteiger partial charge in [0.15, 0.2) is 11.4 Å². The first-order chi connectivity index (χ1) is 13.2. The Labute approximate surface area is 180 Å². The molecule has 0 fully saturated rings. The standard InChI is InChI=1S/C18H14Cl4N4O2/c1-8-25-15(17(22)26-8)18(27)24-7-9-2-3-13(20)16(14(9)21)28-12-5-10(19)4-11(23)6-12/h2-6H,7,23H2,1H3,(H,24,27)(H,25,26). The summed E-state index contributed by atoms with van der Waals surface area (Å²) in [4.78, 5) is 19.1. The van der Waals surface area contributed by atoms with Crippen LogP contribution in [0.15, 0.2) is 30.3 Å². The van der Waals surface area contributed by atoms with Gasteiger partial charge in [0, 0.05) is 23.3 Å². The fourth-order valence-electron chi connectivity index (χ4n) is 2.44. The number of aryl methyl sites for hydroxylation is 1. The minimum absolute atomic E-state index is 0.107. The molecule has 146 valence electrons. The Morgan fingerprint density at radius 2 is 1.96 bits per heavy atom. The maximum absolute atomic E-state index is 12.3. The molecule has 10 heteroatoms. The van der Waals surface area contributed by atoms with Gasteiger partial charge in [0.25, 0.3) is 5.91 Å². The number of carbonyl (C=O) groups excluding carboxylic acids is 1. The number of rotatable bonds is 5. The van der Waals surface area contributed by atoms with Crippen molar-refractivity contribution in [3.05, 3.63) is 67.6 Å². The highest BCUT2D eigenvalue weighted by molar-refractivity contribution is 6.37. The van der Waals surface area contributed by atoms with Gasteiger partial charge in [-0.1, -0.05) is 52.5 Å². The Morgan fingerprint density at radius 1 is 1.21 bits per heavy atom. The van der Waals surface area contributed by atoms with E-state index in [0.717, 1.165) is 0 Å². The van der Waals surface area contributed by atoms with E-state index in [-0.39, 0.29) is 28.2 Å². The number of nitrogens with zero attached hydrogens (tertiary/aromatic N) is 1. The number of imidazole rings is 1. The number of nitrogen functional groups attached to an aromatic ring is 1. The Hall–Kier alpha value is -2.12. The number of hydrogen-bond donors (Lipinski definition) is 3. The summed E-state index contributed by atoms with van der Waals surface area (Å²) in [5.74, 6) is 0.709. The Morgan fingerprint density at radius 3 is 2.61 bits per heavy atom. The fraction of sp³-hybridized carbons (Fsp3) is 0.111. The number of nitrogens with one attached hydrogen (secondary N) is 2. The number of halogens is 4. The fourth-order valence-corrected chi connectivity index (χ4v) is 3.45. The average molecular weight is 460 g/mol. The van der Waals surface area contributed by atoms with Crippen molar-refractivity contribution in [1.29, 1.82) is 0 Å². The second-order valence-electron chi connectivity index (χ2n) is 5.84. The van der Waals surface area contributed by atoms with E-state index in [1.807, 2.05) is 0 Å². The first-order valence-electron chi connectivity index (χ1n) is 7.95. The number of aromatic amines is 1. The van der Waals surface area contributed by atoms with E-state index in [1.165, 1.54) is 0 Å². The lowest BCUT2D eigenvalue weighted by molar-refractivity contribution is 0.0946. The van der Waals surface area contributed by atoms with E-state index < -0.39 is 5.91 Å². The molecule has 3 rings (SSSR count). The van der Waals surface area contributed by atoms with Crippen LogP contribution in [0.3, 0.4) is 0 Å². The maximum atomic E-state index is 12.3. The van der Waals surface area contributed by atoms with Gasteiger partial charge in [-0.15, -0.1) is 0 Å². The summed E-state index contributed by atoms with van der Waals surface area (Å²) in [6.07, 6.45) is 0. The molecular formula is C18H14Cl4N4O2. The van der Waals surface area contributed by atoms with E-state index in [0.29, 0.717) is 32.9 Å². The third-order valence-electron chi connectivity index (χ3n) is 3.68. The third kappa shape index (κ3) is 4.64. The lowest BCUT2D eigenvalue weighted by Gasteiger charge is -2.14. The summed E-state index contributed by atoms with van der Waals surface area (Å²) in [6.45, 7) is 1.82. The van der Waals surface area contributed by atoms with Crippen molar-refractivity contribution in [1.82, 2.24) is 15.3 Å². The number of ether oxygens (including phenoxy) is 1. The lowest BCUT2D eigenvalue weighted by atomic mass is 10.2. The highest BCUT2D eigenvalue weighted by Crippen LogP contribution is 2.39. The quantitative estimate of drug-likeness (QED) is 0.430. The van der Waals surface area contributed by atoms with E-state index in [4.69, 9.17) is 56.9 Å². The summed E-state index contributed by atoms with van der Waals surface area (Å²) in [7, 11) is 0. The monoisotopic (exact) mass is 458 g/mol. The van der Waals surface area contributed by atoms with Crippen LogP contribution in [0.25, 0.3) is 0 Å². The molecule has 6 nitrogen and oxygen atoms in total. The van der Waals surface area contributed by atoms with Crippen molar-refractivity contribution in [2.45, 2.75) is 13.5 Å². The number of amides is 1. The van der Waals surface area contributed by atoms with Crippen LogP contribution in [-0.4, -0.2) is 15.9 Å². The number of H-pyrrole nitrogens is 1. The normalized spacial score (nSPS) is 10.8. The number of nitrogens with two attached hydrogens (primary N) is 1. The first kappa shape index (κ1) is 20.6. The van der Waals surface area contributed by atoms with Gasteiger partial charge in [-0.25, -0.2) is 4.98 Å². The summed E-state index contributed by atoms with van der Waals surface area (Å²) >= 11 is 24.6. The second-order valence-corrected chi connectivity index (χ2v) is 7.44.